The molecule has 1 aliphatic heterocycles. The first kappa shape index (κ1) is 22.7. The second kappa shape index (κ2) is 10.4. The summed E-state index contributed by atoms with van der Waals surface area (Å²) in [5, 5.41) is 2.90. The zero-order valence-electron chi connectivity index (χ0n) is 18.8. The Morgan fingerprint density at radius 2 is 1.70 bits per heavy atom. The first-order valence-corrected chi connectivity index (χ1v) is 11.5. The summed E-state index contributed by atoms with van der Waals surface area (Å²) in [6.45, 7) is 0.458. The van der Waals surface area contributed by atoms with Crippen molar-refractivity contribution in [3.05, 3.63) is 77.9 Å². The summed E-state index contributed by atoms with van der Waals surface area (Å²) >= 11 is 1.66. The SMILES string of the molecule is COc1ccc(CNC(=O)C[C@@H]2Sc3ccccc3N=C2c2ccc(OC)c(OC)c2)cc1. The molecule has 0 fully saturated rings. The third-order valence-corrected chi connectivity index (χ3v) is 6.65. The molecule has 3 aromatic rings. The summed E-state index contributed by atoms with van der Waals surface area (Å²) in [6.07, 6.45) is 0.308. The molecule has 0 aliphatic carbocycles. The number of fused-ring (bicyclic) bond motifs is 1. The molecule has 0 unspecified atom stereocenters. The van der Waals surface area contributed by atoms with Gasteiger partial charge in [-0.1, -0.05) is 24.3 Å². The number of ether oxygens (including phenoxy) is 3. The molecule has 0 saturated carbocycles. The number of thioether (sulfide) groups is 1. The molecule has 1 heterocycles. The van der Waals surface area contributed by atoms with E-state index < -0.39 is 0 Å². The van der Waals surface area contributed by atoms with E-state index in [2.05, 4.69) is 5.32 Å². The molecule has 4 rings (SSSR count). The van der Waals surface area contributed by atoms with Gasteiger partial charge >= 0.3 is 0 Å². The minimum Gasteiger partial charge on any atom is -0.497 e. The fourth-order valence-corrected chi connectivity index (χ4v) is 4.86. The maximum Gasteiger partial charge on any atom is 0.221 e. The number of carbonyl (C=O) groups excluding carboxylic acids is 1. The molecular weight excluding hydrogens is 436 g/mol. The van der Waals surface area contributed by atoms with Crippen LogP contribution in [0.4, 0.5) is 5.69 Å². The first-order chi connectivity index (χ1) is 16.1. The van der Waals surface area contributed by atoms with Crippen molar-refractivity contribution in [2.45, 2.75) is 23.1 Å². The van der Waals surface area contributed by atoms with E-state index in [9.17, 15) is 4.79 Å². The summed E-state index contributed by atoms with van der Waals surface area (Å²) in [5.41, 5.74) is 3.67. The summed E-state index contributed by atoms with van der Waals surface area (Å²) in [7, 11) is 4.85. The molecule has 0 spiro atoms. The van der Waals surface area contributed by atoms with E-state index in [0.29, 0.717) is 24.5 Å². The number of hydrogen-bond acceptors (Lipinski definition) is 6. The number of carbonyl (C=O) groups is 1. The van der Waals surface area contributed by atoms with Crippen LogP contribution in [0.25, 0.3) is 0 Å². The quantitative estimate of drug-likeness (QED) is 0.509. The Labute approximate surface area is 198 Å². The maximum absolute atomic E-state index is 12.9. The molecular formula is C26H26N2O4S. The lowest BCUT2D eigenvalue weighted by molar-refractivity contribution is -0.121. The molecule has 1 N–H and O–H groups in total. The highest BCUT2D eigenvalue weighted by Crippen LogP contribution is 2.41. The first-order valence-electron chi connectivity index (χ1n) is 10.6. The molecule has 170 valence electrons. The van der Waals surface area contributed by atoms with Crippen LogP contribution in [0.2, 0.25) is 0 Å². The van der Waals surface area contributed by atoms with Crippen molar-refractivity contribution >= 4 is 29.1 Å². The topological polar surface area (TPSA) is 69.2 Å². The smallest absolute Gasteiger partial charge is 0.221 e. The number of rotatable bonds is 8. The number of aliphatic imine (C=N–C) groups is 1. The van der Waals surface area contributed by atoms with Crippen LogP contribution < -0.4 is 19.5 Å². The van der Waals surface area contributed by atoms with Crippen molar-refractivity contribution in [1.29, 1.82) is 0 Å². The molecule has 1 amide bonds. The summed E-state index contributed by atoms with van der Waals surface area (Å²) in [6, 6.07) is 21.4. The molecule has 6 nitrogen and oxygen atoms in total. The Kier molecular flexibility index (Phi) is 7.19. The molecule has 0 bridgehead atoms. The molecule has 3 aromatic carbocycles. The van der Waals surface area contributed by atoms with Crippen molar-refractivity contribution < 1.29 is 19.0 Å². The predicted octanol–water partition coefficient (Wildman–Crippen LogP) is 5.01. The van der Waals surface area contributed by atoms with Gasteiger partial charge < -0.3 is 19.5 Å². The average Bonchev–Trinajstić information content (AvgIpc) is 2.87. The normalized spacial score (nSPS) is 14.6. The van der Waals surface area contributed by atoms with Gasteiger partial charge in [-0.2, -0.15) is 0 Å². The van der Waals surface area contributed by atoms with Gasteiger partial charge in [0.25, 0.3) is 0 Å². The van der Waals surface area contributed by atoms with E-state index in [-0.39, 0.29) is 11.2 Å². The van der Waals surface area contributed by atoms with Crippen LogP contribution in [-0.4, -0.2) is 38.2 Å². The van der Waals surface area contributed by atoms with Crippen LogP contribution in [0.15, 0.2) is 76.6 Å². The standard InChI is InChI=1S/C26H26N2O4S/c1-30-19-11-8-17(9-12-19)16-27-25(29)15-24-26(28-20-6-4-5-7-23(20)33-24)18-10-13-21(31-2)22(14-18)32-3/h4-14,24H,15-16H2,1-3H3,(H,27,29)/t24-/m0/s1. The van der Waals surface area contributed by atoms with E-state index in [4.69, 9.17) is 19.2 Å². The van der Waals surface area contributed by atoms with Gasteiger partial charge in [-0.25, -0.2) is 0 Å². The molecule has 7 heteroatoms. The molecule has 0 aromatic heterocycles. The second-order valence-electron chi connectivity index (χ2n) is 7.47. The second-order valence-corrected chi connectivity index (χ2v) is 8.71. The van der Waals surface area contributed by atoms with Gasteiger partial charge in [-0.05, 0) is 48.0 Å². The lowest BCUT2D eigenvalue weighted by Crippen LogP contribution is -2.31. The van der Waals surface area contributed by atoms with Crippen molar-refractivity contribution in [3.8, 4) is 17.2 Å². The minimum atomic E-state index is -0.131. The van der Waals surface area contributed by atoms with Crippen LogP contribution >= 0.6 is 11.8 Å². The van der Waals surface area contributed by atoms with Crippen LogP contribution in [0, 0.1) is 0 Å². The van der Waals surface area contributed by atoms with Gasteiger partial charge in [0.1, 0.15) is 5.75 Å². The number of nitrogens with one attached hydrogen (secondary N) is 1. The number of amides is 1. The van der Waals surface area contributed by atoms with Crippen LogP contribution in [0.3, 0.4) is 0 Å². The highest BCUT2D eigenvalue weighted by Gasteiger charge is 2.28. The third kappa shape index (κ3) is 5.31. The highest BCUT2D eigenvalue weighted by atomic mass is 32.2. The maximum atomic E-state index is 12.9. The van der Waals surface area contributed by atoms with E-state index in [1.165, 1.54) is 0 Å². The third-order valence-electron chi connectivity index (χ3n) is 5.38. The Balaban J connectivity index is 1.54. The number of benzene rings is 3. The number of nitrogens with zero attached hydrogens (tertiary/aromatic N) is 1. The van der Waals surface area contributed by atoms with E-state index in [0.717, 1.165) is 33.2 Å². The van der Waals surface area contributed by atoms with Crippen molar-refractivity contribution in [3.63, 3.8) is 0 Å². The minimum absolute atomic E-state index is 0.0316. The fraction of sp³-hybridized carbons (Fsp3) is 0.231. The average molecular weight is 463 g/mol. The van der Waals surface area contributed by atoms with Crippen LogP contribution in [0.5, 0.6) is 17.2 Å². The summed E-state index contributed by atoms with van der Waals surface area (Å²) in [5.74, 6) is 2.04. The van der Waals surface area contributed by atoms with Gasteiger partial charge in [-0.3, -0.25) is 9.79 Å². The lowest BCUT2D eigenvalue weighted by atomic mass is 10.0. The molecule has 1 atom stereocenters. The largest absolute Gasteiger partial charge is 0.497 e. The van der Waals surface area contributed by atoms with E-state index >= 15 is 0 Å². The Morgan fingerprint density at radius 3 is 2.42 bits per heavy atom. The number of hydrogen-bond donors (Lipinski definition) is 1. The van der Waals surface area contributed by atoms with Crippen LogP contribution in [-0.2, 0) is 11.3 Å². The molecule has 0 radical (unpaired) electrons. The predicted molar refractivity (Wildman–Crippen MR) is 131 cm³/mol. The van der Waals surface area contributed by atoms with Crippen molar-refractivity contribution in [1.82, 2.24) is 5.32 Å². The zero-order valence-corrected chi connectivity index (χ0v) is 19.6. The highest BCUT2D eigenvalue weighted by molar-refractivity contribution is 8.01. The molecule has 1 aliphatic rings. The Bertz CT molecular complexity index is 1160. The van der Waals surface area contributed by atoms with Crippen molar-refractivity contribution in [2.24, 2.45) is 4.99 Å². The van der Waals surface area contributed by atoms with Gasteiger partial charge in [0.05, 0.1) is 38.0 Å². The Hall–Kier alpha value is -3.45. The molecule has 33 heavy (non-hydrogen) atoms. The van der Waals surface area contributed by atoms with E-state index in [1.807, 2.05) is 66.7 Å². The fourth-order valence-electron chi connectivity index (χ4n) is 3.63. The van der Waals surface area contributed by atoms with Gasteiger partial charge in [0.2, 0.25) is 5.91 Å². The lowest BCUT2D eigenvalue weighted by Gasteiger charge is -2.25. The summed E-state index contributed by atoms with van der Waals surface area (Å²) in [4.78, 5) is 18.9. The van der Waals surface area contributed by atoms with Gasteiger partial charge in [-0.15, -0.1) is 11.8 Å². The van der Waals surface area contributed by atoms with Gasteiger partial charge in [0.15, 0.2) is 11.5 Å². The van der Waals surface area contributed by atoms with Crippen molar-refractivity contribution in [2.75, 3.05) is 21.3 Å². The number of para-hydroxylation sites is 1. The monoisotopic (exact) mass is 462 g/mol. The van der Waals surface area contributed by atoms with E-state index in [1.54, 1.807) is 33.1 Å². The zero-order chi connectivity index (χ0) is 23.2. The van der Waals surface area contributed by atoms with Crippen LogP contribution in [0.1, 0.15) is 17.5 Å². The number of methoxy groups -OCH3 is 3. The van der Waals surface area contributed by atoms with Gasteiger partial charge in [0, 0.05) is 23.4 Å². The Morgan fingerprint density at radius 1 is 0.939 bits per heavy atom. The summed E-state index contributed by atoms with van der Waals surface area (Å²) < 4.78 is 16.0. The molecule has 0 saturated heterocycles.